The summed E-state index contributed by atoms with van der Waals surface area (Å²) in [5, 5.41) is 2.89. The normalized spacial score (nSPS) is 17.6. The van der Waals surface area contributed by atoms with Crippen molar-refractivity contribution in [3.8, 4) is 11.5 Å². The maximum absolute atomic E-state index is 13.5. The lowest BCUT2D eigenvalue weighted by Crippen LogP contribution is -2.44. The molecule has 31 heavy (non-hydrogen) atoms. The van der Waals surface area contributed by atoms with Crippen molar-refractivity contribution in [2.45, 2.75) is 12.0 Å². The van der Waals surface area contributed by atoms with E-state index in [0.29, 0.717) is 28.4 Å². The number of hydrogen-bond acceptors (Lipinski definition) is 5. The Morgan fingerprint density at radius 3 is 2.45 bits per heavy atom. The summed E-state index contributed by atoms with van der Waals surface area (Å²) in [6.07, 6.45) is 1.62. The minimum atomic E-state index is -0.640. The van der Waals surface area contributed by atoms with Gasteiger partial charge in [-0.15, -0.1) is 0 Å². The molecular formula is C24H23N3O4. The third-order valence-corrected chi connectivity index (χ3v) is 5.53. The van der Waals surface area contributed by atoms with Crippen molar-refractivity contribution < 1.29 is 19.1 Å². The Morgan fingerprint density at radius 2 is 1.74 bits per heavy atom. The molecule has 0 fully saturated rings. The van der Waals surface area contributed by atoms with Crippen LogP contribution < -0.4 is 14.8 Å². The fourth-order valence-corrected chi connectivity index (χ4v) is 4.05. The van der Waals surface area contributed by atoms with Crippen molar-refractivity contribution in [1.29, 1.82) is 0 Å². The molecule has 0 radical (unpaired) electrons. The highest BCUT2D eigenvalue weighted by Gasteiger charge is 2.42. The first-order chi connectivity index (χ1) is 15.0. The lowest BCUT2D eigenvalue weighted by molar-refractivity contribution is -0.119. The summed E-state index contributed by atoms with van der Waals surface area (Å²) in [7, 11) is 4.83. The Kier molecular flexibility index (Phi) is 5.58. The number of ether oxygens (including phenoxy) is 2. The second-order valence-corrected chi connectivity index (χ2v) is 7.24. The number of aromatic nitrogens is 1. The van der Waals surface area contributed by atoms with Gasteiger partial charge in [-0.05, 0) is 41.5 Å². The van der Waals surface area contributed by atoms with E-state index in [1.54, 1.807) is 68.8 Å². The van der Waals surface area contributed by atoms with Crippen LogP contribution in [0, 0.1) is 0 Å². The van der Waals surface area contributed by atoms with Crippen molar-refractivity contribution in [2.24, 2.45) is 0 Å². The fraction of sp³-hybridized carbons (Fsp3) is 0.208. The Hall–Kier alpha value is -3.87. The molecule has 7 heteroatoms. The molecule has 2 amide bonds. The maximum atomic E-state index is 13.5. The van der Waals surface area contributed by atoms with Gasteiger partial charge in [0.25, 0.3) is 5.91 Å². The average molecular weight is 417 g/mol. The second kappa shape index (κ2) is 8.47. The topological polar surface area (TPSA) is 80.8 Å². The summed E-state index contributed by atoms with van der Waals surface area (Å²) in [5.74, 6) is 0.534. The summed E-state index contributed by atoms with van der Waals surface area (Å²) >= 11 is 0. The number of methoxy groups -OCH3 is 2. The third-order valence-electron chi connectivity index (χ3n) is 5.53. The summed E-state index contributed by atoms with van der Waals surface area (Å²) in [5.41, 5.74) is 1.96. The molecule has 1 N–H and O–H groups in total. The number of hydrogen-bond donors (Lipinski definition) is 1. The summed E-state index contributed by atoms with van der Waals surface area (Å²) in [4.78, 5) is 32.4. The van der Waals surface area contributed by atoms with E-state index in [1.807, 2.05) is 24.3 Å². The van der Waals surface area contributed by atoms with E-state index >= 15 is 0 Å². The molecule has 2 aromatic carbocycles. The molecule has 1 aromatic heterocycles. The third kappa shape index (κ3) is 3.70. The molecule has 0 saturated heterocycles. The van der Waals surface area contributed by atoms with E-state index in [4.69, 9.17) is 9.47 Å². The molecule has 2 heterocycles. The van der Waals surface area contributed by atoms with Crippen LogP contribution in [0.5, 0.6) is 11.5 Å². The van der Waals surface area contributed by atoms with E-state index in [0.717, 1.165) is 5.56 Å². The number of pyridine rings is 1. The van der Waals surface area contributed by atoms with E-state index in [1.165, 1.54) is 0 Å². The Bertz CT molecular complexity index is 1120. The number of amides is 2. The van der Waals surface area contributed by atoms with Gasteiger partial charge in [0.2, 0.25) is 5.91 Å². The summed E-state index contributed by atoms with van der Waals surface area (Å²) in [6.45, 7) is 0. The zero-order valence-corrected chi connectivity index (χ0v) is 17.5. The van der Waals surface area contributed by atoms with Crippen LogP contribution in [-0.4, -0.2) is 43.0 Å². The maximum Gasteiger partial charge on any atom is 0.254 e. The molecule has 7 nitrogen and oxygen atoms in total. The first-order valence-corrected chi connectivity index (χ1v) is 9.85. The van der Waals surface area contributed by atoms with Crippen molar-refractivity contribution in [2.75, 3.05) is 26.6 Å². The molecule has 4 rings (SSSR count). The lowest BCUT2D eigenvalue weighted by Gasteiger charge is -2.39. The summed E-state index contributed by atoms with van der Waals surface area (Å²) < 4.78 is 10.8. The molecule has 0 spiro atoms. The van der Waals surface area contributed by atoms with Crippen LogP contribution >= 0.6 is 0 Å². The van der Waals surface area contributed by atoms with Gasteiger partial charge in [0.15, 0.2) is 11.5 Å². The Morgan fingerprint density at radius 1 is 1.00 bits per heavy atom. The Labute approximate surface area is 180 Å². The Balaban J connectivity index is 1.83. The molecule has 1 aliphatic rings. The van der Waals surface area contributed by atoms with Gasteiger partial charge in [0, 0.05) is 18.8 Å². The quantitative estimate of drug-likeness (QED) is 0.685. The lowest BCUT2D eigenvalue weighted by atomic mass is 9.79. The fourth-order valence-electron chi connectivity index (χ4n) is 4.05. The molecule has 1 aliphatic heterocycles. The molecule has 0 aliphatic carbocycles. The smallest absolute Gasteiger partial charge is 0.254 e. The van der Waals surface area contributed by atoms with Crippen LogP contribution in [0.1, 0.15) is 33.4 Å². The van der Waals surface area contributed by atoms with Crippen molar-refractivity contribution in [3.63, 3.8) is 0 Å². The van der Waals surface area contributed by atoms with E-state index < -0.39 is 12.0 Å². The van der Waals surface area contributed by atoms with Crippen molar-refractivity contribution >= 4 is 17.6 Å². The minimum absolute atomic E-state index is 0.141. The van der Waals surface area contributed by atoms with Crippen LogP contribution in [-0.2, 0) is 4.79 Å². The molecule has 2 atom stereocenters. The second-order valence-electron chi connectivity index (χ2n) is 7.24. The van der Waals surface area contributed by atoms with Gasteiger partial charge in [-0.1, -0.05) is 30.3 Å². The van der Waals surface area contributed by atoms with E-state index in [-0.39, 0.29) is 11.8 Å². The van der Waals surface area contributed by atoms with Crippen molar-refractivity contribution in [1.82, 2.24) is 9.88 Å². The van der Waals surface area contributed by atoms with Crippen LogP contribution in [0.4, 0.5) is 5.82 Å². The van der Waals surface area contributed by atoms with Gasteiger partial charge in [-0.25, -0.2) is 4.98 Å². The van der Waals surface area contributed by atoms with Crippen LogP contribution in [0.25, 0.3) is 0 Å². The van der Waals surface area contributed by atoms with Crippen LogP contribution in [0.3, 0.4) is 0 Å². The number of anilines is 1. The van der Waals surface area contributed by atoms with E-state index in [9.17, 15) is 9.59 Å². The highest BCUT2D eigenvalue weighted by molar-refractivity contribution is 6.04. The summed E-state index contributed by atoms with van der Waals surface area (Å²) in [6, 6.07) is 17.4. The highest BCUT2D eigenvalue weighted by Crippen LogP contribution is 2.44. The van der Waals surface area contributed by atoms with Gasteiger partial charge in [0.1, 0.15) is 5.82 Å². The number of likely N-dealkylation sites (N-methyl/N-ethyl adjacent to an activating group) is 1. The molecule has 3 aromatic rings. The molecule has 0 bridgehead atoms. The first-order valence-electron chi connectivity index (χ1n) is 9.85. The predicted molar refractivity (Wildman–Crippen MR) is 116 cm³/mol. The number of carbonyl (C=O) groups is 2. The largest absolute Gasteiger partial charge is 0.493 e. The monoisotopic (exact) mass is 417 g/mol. The minimum Gasteiger partial charge on any atom is -0.493 e. The van der Waals surface area contributed by atoms with Gasteiger partial charge in [-0.2, -0.15) is 0 Å². The average Bonchev–Trinajstić information content (AvgIpc) is 2.81. The SMILES string of the molecule is COc1ccc([C@H]2[C@@H](C(=O)Nc3ccccn3)c3ccccc3C(=O)N2C)cc1OC. The van der Waals surface area contributed by atoms with Gasteiger partial charge in [-0.3, -0.25) is 9.59 Å². The molecule has 158 valence electrons. The van der Waals surface area contributed by atoms with Gasteiger partial charge < -0.3 is 19.7 Å². The molecular weight excluding hydrogens is 394 g/mol. The first kappa shape index (κ1) is 20.4. The van der Waals surface area contributed by atoms with Crippen LogP contribution in [0.15, 0.2) is 66.9 Å². The number of rotatable bonds is 5. The zero-order valence-electron chi connectivity index (χ0n) is 17.5. The number of nitrogens with one attached hydrogen (secondary N) is 1. The predicted octanol–water partition coefficient (Wildman–Crippen LogP) is 3.65. The highest BCUT2D eigenvalue weighted by atomic mass is 16.5. The number of nitrogens with zero attached hydrogens (tertiary/aromatic N) is 2. The standard InChI is InChI=1S/C24H23N3O4/c1-27-22(15-11-12-18(30-2)19(14-15)31-3)21(16-8-4-5-9-17(16)24(27)29)23(28)26-20-10-6-7-13-25-20/h4-14,21-22H,1-3H3,(H,25,26,28)/t21-,22-/m0/s1. The van der Waals surface area contributed by atoms with Gasteiger partial charge >= 0.3 is 0 Å². The number of benzene rings is 2. The van der Waals surface area contributed by atoms with Gasteiger partial charge in [0.05, 0.1) is 26.2 Å². The molecule has 0 saturated carbocycles. The molecule has 0 unspecified atom stereocenters. The van der Waals surface area contributed by atoms with Crippen molar-refractivity contribution in [3.05, 3.63) is 83.6 Å². The van der Waals surface area contributed by atoms with E-state index in [2.05, 4.69) is 10.3 Å². The van der Waals surface area contributed by atoms with Crippen LogP contribution in [0.2, 0.25) is 0 Å². The number of carbonyl (C=O) groups excluding carboxylic acids is 2. The number of fused-ring (bicyclic) bond motifs is 1. The zero-order chi connectivity index (χ0) is 22.0.